The Hall–Kier alpha value is -0.740. The molecule has 0 spiro atoms. The van der Waals surface area contributed by atoms with E-state index in [4.69, 9.17) is 33.4 Å². The van der Waals surface area contributed by atoms with Gasteiger partial charge in [-0.3, -0.25) is 0 Å². The summed E-state index contributed by atoms with van der Waals surface area (Å²) in [5.74, 6) is -2.73. The summed E-state index contributed by atoms with van der Waals surface area (Å²) in [6, 6.07) is 0. The van der Waals surface area contributed by atoms with Gasteiger partial charge in [0.1, 0.15) is 0 Å². The number of halogens is 2. The first-order valence-corrected chi connectivity index (χ1v) is 4.65. The maximum Gasteiger partial charge on any atom is 0.333 e. The van der Waals surface area contributed by atoms with Crippen molar-refractivity contribution in [3.8, 4) is 0 Å². The molecule has 0 heterocycles. The average Bonchev–Trinajstić information content (AvgIpc) is 1.96. The van der Waals surface area contributed by atoms with E-state index in [0.717, 1.165) is 0 Å². The lowest BCUT2D eigenvalue weighted by molar-refractivity contribution is -0.136. The Balaban J connectivity index is 5.51. The Morgan fingerprint density at radius 1 is 0.929 bits per heavy atom. The minimum atomic E-state index is -1.36. The fraction of sp³-hybridized carbons (Fsp3) is 0.500. The smallest absolute Gasteiger partial charge is 0.333 e. The first kappa shape index (κ1) is 13.3. The van der Waals surface area contributed by atoms with Crippen LogP contribution in [0.1, 0.15) is 13.8 Å². The fourth-order valence-corrected chi connectivity index (χ4v) is 1.42. The summed E-state index contributed by atoms with van der Waals surface area (Å²) in [5, 5.41) is 15.7. The molecule has 0 aromatic heterocycles. The molecule has 0 saturated carbocycles. The molecule has 0 aromatic carbocycles. The molecule has 0 bridgehead atoms. The summed E-state index contributed by atoms with van der Waals surface area (Å²) < 4.78 is 0. The standard InChI is InChI=1S/C8H10Cl2O4/c1-3(9)5(7(11)12)6(4(2)10)8(13)14/h3-4H,1-2H3,(H,11,12)(H,13,14)/b6-5-. The quantitative estimate of drug-likeness (QED) is 0.580. The van der Waals surface area contributed by atoms with Crippen LogP contribution in [0.4, 0.5) is 0 Å². The fourth-order valence-electron chi connectivity index (χ4n) is 0.999. The molecule has 0 aliphatic carbocycles. The molecule has 80 valence electrons. The van der Waals surface area contributed by atoms with Crippen molar-refractivity contribution in [3.05, 3.63) is 11.1 Å². The number of hydrogen-bond donors (Lipinski definition) is 2. The van der Waals surface area contributed by atoms with Crippen molar-refractivity contribution in [3.63, 3.8) is 0 Å². The summed E-state index contributed by atoms with van der Waals surface area (Å²) in [5.41, 5.74) is -0.747. The first-order chi connectivity index (χ1) is 6.29. The van der Waals surface area contributed by atoms with Gasteiger partial charge in [-0.1, -0.05) is 0 Å². The lowest BCUT2D eigenvalue weighted by atomic mass is 10.0. The number of hydrogen-bond acceptors (Lipinski definition) is 2. The number of carboxylic acid groups (broad SMARTS) is 2. The third-order valence-electron chi connectivity index (χ3n) is 1.55. The molecule has 2 atom stereocenters. The minimum Gasteiger partial charge on any atom is -0.478 e. The third-order valence-corrected chi connectivity index (χ3v) is 1.98. The Labute approximate surface area is 91.1 Å². The zero-order valence-electron chi connectivity index (χ0n) is 7.62. The minimum absolute atomic E-state index is 0.373. The highest BCUT2D eigenvalue weighted by atomic mass is 35.5. The maximum atomic E-state index is 10.7. The van der Waals surface area contributed by atoms with Crippen molar-refractivity contribution in [2.45, 2.75) is 24.6 Å². The highest BCUT2D eigenvalue weighted by Gasteiger charge is 2.26. The van der Waals surface area contributed by atoms with Crippen LogP contribution in [0.3, 0.4) is 0 Å². The highest BCUT2D eigenvalue weighted by Crippen LogP contribution is 2.21. The molecule has 0 amide bonds. The van der Waals surface area contributed by atoms with Crippen LogP contribution in [-0.4, -0.2) is 32.9 Å². The molecule has 4 nitrogen and oxygen atoms in total. The van der Waals surface area contributed by atoms with Crippen molar-refractivity contribution in [2.75, 3.05) is 0 Å². The Bertz CT molecular complexity index is 253. The average molecular weight is 241 g/mol. The van der Waals surface area contributed by atoms with Gasteiger partial charge in [0.25, 0.3) is 0 Å². The van der Waals surface area contributed by atoms with Crippen LogP contribution in [0.2, 0.25) is 0 Å². The number of aliphatic carboxylic acids is 2. The molecule has 0 fully saturated rings. The second kappa shape index (κ2) is 5.22. The highest BCUT2D eigenvalue weighted by molar-refractivity contribution is 6.28. The van der Waals surface area contributed by atoms with Gasteiger partial charge >= 0.3 is 11.9 Å². The molecule has 2 N–H and O–H groups in total. The van der Waals surface area contributed by atoms with Gasteiger partial charge in [0.05, 0.1) is 21.9 Å². The van der Waals surface area contributed by atoms with E-state index in [-0.39, 0.29) is 11.1 Å². The summed E-state index contributed by atoms with van der Waals surface area (Å²) in [7, 11) is 0. The third kappa shape index (κ3) is 3.20. The van der Waals surface area contributed by atoms with Gasteiger partial charge in [0.2, 0.25) is 0 Å². The van der Waals surface area contributed by atoms with Gasteiger partial charge in [0, 0.05) is 0 Å². The van der Waals surface area contributed by atoms with E-state index < -0.39 is 22.7 Å². The van der Waals surface area contributed by atoms with E-state index in [1.165, 1.54) is 13.8 Å². The molecule has 0 aliphatic heterocycles. The topological polar surface area (TPSA) is 74.6 Å². The summed E-state index contributed by atoms with van der Waals surface area (Å²) >= 11 is 11.1. The van der Waals surface area contributed by atoms with E-state index in [1.54, 1.807) is 0 Å². The van der Waals surface area contributed by atoms with Crippen LogP contribution < -0.4 is 0 Å². The van der Waals surface area contributed by atoms with E-state index in [1.807, 2.05) is 0 Å². The number of alkyl halides is 2. The van der Waals surface area contributed by atoms with Crippen LogP contribution in [-0.2, 0) is 9.59 Å². The molecular formula is C8H10Cl2O4. The molecule has 0 rings (SSSR count). The van der Waals surface area contributed by atoms with Gasteiger partial charge in [-0.15, -0.1) is 23.2 Å². The van der Waals surface area contributed by atoms with Gasteiger partial charge < -0.3 is 10.2 Å². The summed E-state index contributed by atoms with van der Waals surface area (Å²) in [6.07, 6.45) is 0. The Kier molecular flexibility index (Phi) is 4.94. The zero-order chi connectivity index (χ0) is 11.5. The van der Waals surface area contributed by atoms with Crippen LogP contribution in [0.25, 0.3) is 0 Å². The first-order valence-electron chi connectivity index (χ1n) is 3.77. The van der Waals surface area contributed by atoms with Crippen molar-refractivity contribution in [2.24, 2.45) is 0 Å². The monoisotopic (exact) mass is 240 g/mol. The molecule has 0 aliphatic rings. The molecule has 14 heavy (non-hydrogen) atoms. The van der Waals surface area contributed by atoms with Crippen molar-refractivity contribution in [1.82, 2.24) is 0 Å². The van der Waals surface area contributed by atoms with E-state index >= 15 is 0 Å². The van der Waals surface area contributed by atoms with Crippen LogP contribution in [0.15, 0.2) is 11.1 Å². The van der Waals surface area contributed by atoms with Gasteiger partial charge in [-0.05, 0) is 13.8 Å². The maximum absolute atomic E-state index is 10.7. The Morgan fingerprint density at radius 3 is 1.21 bits per heavy atom. The van der Waals surface area contributed by atoms with Crippen LogP contribution in [0, 0.1) is 0 Å². The lowest BCUT2D eigenvalue weighted by Crippen LogP contribution is -2.21. The molecule has 6 heteroatoms. The van der Waals surface area contributed by atoms with Crippen LogP contribution >= 0.6 is 23.2 Å². The summed E-state index contributed by atoms with van der Waals surface area (Å²) in [6.45, 7) is 2.76. The predicted octanol–water partition coefficient (Wildman–Crippen LogP) is 1.71. The molecule has 2 unspecified atom stereocenters. The van der Waals surface area contributed by atoms with Gasteiger partial charge in [-0.25, -0.2) is 9.59 Å². The molecular weight excluding hydrogens is 231 g/mol. The molecule has 0 saturated heterocycles. The van der Waals surface area contributed by atoms with Gasteiger partial charge in [0.15, 0.2) is 0 Å². The zero-order valence-corrected chi connectivity index (χ0v) is 9.13. The van der Waals surface area contributed by atoms with Crippen molar-refractivity contribution >= 4 is 35.1 Å². The number of carboxylic acids is 2. The second-order valence-electron chi connectivity index (χ2n) is 2.67. The second-order valence-corrected chi connectivity index (χ2v) is 3.98. The molecule has 0 radical (unpaired) electrons. The normalized spacial score (nSPS) is 16.9. The number of rotatable bonds is 4. The van der Waals surface area contributed by atoms with Gasteiger partial charge in [-0.2, -0.15) is 0 Å². The van der Waals surface area contributed by atoms with Crippen molar-refractivity contribution < 1.29 is 19.8 Å². The SMILES string of the molecule is CC(Cl)/C(C(=O)O)=C(/C(=O)O)C(C)Cl. The van der Waals surface area contributed by atoms with Crippen LogP contribution in [0.5, 0.6) is 0 Å². The largest absolute Gasteiger partial charge is 0.478 e. The van der Waals surface area contributed by atoms with Crippen molar-refractivity contribution in [1.29, 1.82) is 0 Å². The lowest BCUT2D eigenvalue weighted by Gasteiger charge is -2.11. The predicted molar refractivity (Wildman–Crippen MR) is 52.9 cm³/mol. The molecule has 0 aromatic rings. The van der Waals surface area contributed by atoms with E-state index in [9.17, 15) is 9.59 Å². The Morgan fingerprint density at radius 2 is 1.14 bits per heavy atom. The van der Waals surface area contributed by atoms with E-state index in [2.05, 4.69) is 0 Å². The summed E-state index contributed by atoms with van der Waals surface area (Å²) in [4.78, 5) is 21.5. The van der Waals surface area contributed by atoms with E-state index in [0.29, 0.717) is 0 Å². The number of carbonyl (C=O) groups is 2.